The summed E-state index contributed by atoms with van der Waals surface area (Å²) in [6.07, 6.45) is 7.45. The molecule has 6 heteroatoms. The molecule has 0 bridgehead atoms. The van der Waals surface area contributed by atoms with Gasteiger partial charge in [0, 0.05) is 39.3 Å². The average molecular weight is 414 g/mol. The number of carbonyl (C=O) groups excluding carboxylic acids is 2. The summed E-state index contributed by atoms with van der Waals surface area (Å²) in [6, 6.07) is 9.86. The molecule has 2 atom stereocenters. The Morgan fingerprint density at radius 1 is 1.00 bits per heavy atom. The molecule has 0 spiro atoms. The first kappa shape index (κ1) is 21.3. The maximum absolute atomic E-state index is 13.2. The number of ether oxygens (including phenoxy) is 1. The molecule has 1 aliphatic carbocycles. The van der Waals surface area contributed by atoms with Gasteiger partial charge in [-0.05, 0) is 37.2 Å². The maximum atomic E-state index is 13.2. The average Bonchev–Trinajstić information content (AvgIpc) is 3.48. The highest BCUT2D eigenvalue weighted by Crippen LogP contribution is 2.31. The molecule has 2 aliphatic heterocycles. The lowest BCUT2D eigenvalue weighted by Gasteiger charge is -2.41. The van der Waals surface area contributed by atoms with Gasteiger partial charge >= 0.3 is 0 Å². The van der Waals surface area contributed by atoms with Crippen molar-refractivity contribution < 1.29 is 14.3 Å². The van der Waals surface area contributed by atoms with Gasteiger partial charge in [-0.2, -0.15) is 0 Å². The van der Waals surface area contributed by atoms with Crippen LogP contribution in [0.15, 0.2) is 30.3 Å². The Labute approximate surface area is 179 Å². The van der Waals surface area contributed by atoms with Gasteiger partial charge in [-0.25, -0.2) is 0 Å². The smallest absolute Gasteiger partial charge is 0.237 e. The summed E-state index contributed by atoms with van der Waals surface area (Å²) in [4.78, 5) is 30.1. The number of amides is 2. The second-order valence-electron chi connectivity index (χ2n) is 8.95. The lowest BCUT2D eigenvalue weighted by Crippen LogP contribution is -2.58. The van der Waals surface area contributed by atoms with Crippen molar-refractivity contribution >= 4 is 11.8 Å². The molecule has 2 unspecified atom stereocenters. The first-order valence-electron chi connectivity index (χ1n) is 11.7. The van der Waals surface area contributed by atoms with Crippen molar-refractivity contribution in [2.24, 2.45) is 5.92 Å². The molecule has 2 amide bonds. The summed E-state index contributed by atoms with van der Waals surface area (Å²) in [6.45, 7) is 4.38. The largest absolute Gasteiger partial charge is 0.376 e. The quantitative estimate of drug-likeness (QED) is 0.745. The number of hydrogen-bond acceptors (Lipinski definition) is 4. The van der Waals surface area contributed by atoms with Crippen LogP contribution in [0.2, 0.25) is 0 Å². The normalized spacial score (nSPS) is 24.1. The molecule has 2 saturated heterocycles. The van der Waals surface area contributed by atoms with Gasteiger partial charge in [0.25, 0.3) is 0 Å². The van der Waals surface area contributed by atoms with Crippen molar-refractivity contribution in [3.05, 3.63) is 35.9 Å². The van der Waals surface area contributed by atoms with Crippen molar-refractivity contribution in [2.75, 3.05) is 39.3 Å². The van der Waals surface area contributed by atoms with E-state index in [9.17, 15) is 9.59 Å². The van der Waals surface area contributed by atoms with E-state index in [1.807, 2.05) is 35.2 Å². The van der Waals surface area contributed by atoms with Crippen LogP contribution in [0.1, 0.15) is 44.1 Å². The summed E-state index contributed by atoms with van der Waals surface area (Å²) >= 11 is 0. The molecule has 1 aromatic rings. The second kappa shape index (κ2) is 10.4. The zero-order valence-electron chi connectivity index (χ0n) is 17.9. The first-order valence-corrected chi connectivity index (χ1v) is 11.7. The second-order valence-corrected chi connectivity index (χ2v) is 8.95. The molecule has 4 rings (SSSR count). The summed E-state index contributed by atoms with van der Waals surface area (Å²) in [5.41, 5.74) is 1.06. The van der Waals surface area contributed by atoms with E-state index in [1.54, 1.807) is 0 Å². The minimum absolute atomic E-state index is 0.0692. The van der Waals surface area contributed by atoms with Gasteiger partial charge in [0.2, 0.25) is 11.8 Å². The fourth-order valence-electron chi connectivity index (χ4n) is 5.21. The number of piperazine rings is 1. The Morgan fingerprint density at radius 3 is 2.40 bits per heavy atom. The van der Waals surface area contributed by atoms with E-state index in [-0.39, 0.29) is 24.0 Å². The fraction of sp³-hybridized carbons (Fsp3) is 0.667. The Kier molecular flexibility index (Phi) is 7.39. The first-order chi connectivity index (χ1) is 14.7. The molecular formula is C24H35N3O3. The summed E-state index contributed by atoms with van der Waals surface area (Å²) in [7, 11) is 0. The van der Waals surface area contributed by atoms with Gasteiger partial charge < -0.3 is 15.0 Å². The number of benzene rings is 1. The number of hydrogen-bond donors (Lipinski definition) is 1. The topological polar surface area (TPSA) is 61.9 Å². The van der Waals surface area contributed by atoms with Crippen molar-refractivity contribution in [1.82, 2.24) is 15.1 Å². The van der Waals surface area contributed by atoms with Crippen molar-refractivity contribution in [1.29, 1.82) is 0 Å². The van der Waals surface area contributed by atoms with Gasteiger partial charge in [-0.15, -0.1) is 0 Å². The van der Waals surface area contributed by atoms with Gasteiger partial charge in [0.05, 0.1) is 18.6 Å². The van der Waals surface area contributed by atoms with Crippen molar-refractivity contribution in [3.63, 3.8) is 0 Å². The number of nitrogens with zero attached hydrogens (tertiary/aromatic N) is 2. The molecule has 1 saturated carbocycles. The molecule has 0 aromatic heterocycles. The minimum atomic E-state index is -0.0692. The minimum Gasteiger partial charge on any atom is -0.376 e. The molecular weight excluding hydrogens is 378 g/mol. The van der Waals surface area contributed by atoms with Crippen LogP contribution in [-0.4, -0.2) is 73.1 Å². The van der Waals surface area contributed by atoms with Gasteiger partial charge in [0.1, 0.15) is 0 Å². The monoisotopic (exact) mass is 413 g/mol. The molecule has 1 N–H and O–H groups in total. The van der Waals surface area contributed by atoms with E-state index >= 15 is 0 Å². The van der Waals surface area contributed by atoms with Gasteiger partial charge in [-0.3, -0.25) is 14.5 Å². The van der Waals surface area contributed by atoms with Crippen LogP contribution in [0.5, 0.6) is 0 Å². The molecule has 164 valence electrons. The molecule has 1 aromatic carbocycles. The Balaban J connectivity index is 1.32. The highest BCUT2D eigenvalue weighted by molar-refractivity contribution is 5.82. The van der Waals surface area contributed by atoms with Gasteiger partial charge in [-0.1, -0.05) is 43.2 Å². The van der Waals surface area contributed by atoms with Crippen LogP contribution in [0, 0.1) is 5.92 Å². The SMILES string of the molecule is O=C(NCC1CCCO1)C(C1CCCC1)N1CCN(C(=O)Cc2ccccc2)CC1. The summed E-state index contributed by atoms with van der Waals surface area (Å²) in [5.74, 6) is 0.767. The number of rotatable bonds is 7. The Bertz CT molecular complexity index is 691. The summed E-state index contributed by atoms with van der Waals surface area (Å²) < 4.78 is 5.67. The van der Waals surface area contributed by atoms with Crippen LogP contribution in [0.3, 0.4) is 0 Å². The van der Waals surface area contributed by atoms with Crippen molar-refractivity contribution in [3.8, 4) is 0 Å². The third-order valence-electron chi connectivity index (χ3n) is 6.90. The number of carbonyl (C=O) groups is 2. The highest BCUT2D eigenvalue weighted by atomic mass is 16.5. The maximum Gasteiger partial charge on any atom is 0.237 e. The lowest BCUT2D eigenvalue weighted by molar-refractivity contribution is -0.135. The third kappa shape index (κ3) is 5.41. The van der Waals surface area contributed by atoms with Crippen LogP contribution in [-0.2, 0) is 20.7 Å². The number of nitrogens with one attached hydrogen (secondary N) is 1. The standard InChI is InChI=1S/C24H35N3O3/c28-22(17-19-7-2-1-3-8-19)26-12-14-27(15-13-26)23(20-9-4-5-10-20)24(29)25-18-21-11-6-16-30-21/h1-3,7-8,20-21,23H,4-6,9-18H2,(H,25,29). The van der Waals surface area contributed by atoms with Crippen LogP contribution >= 0.6 is 0 Å². The van der Waals surface area contributed by atoms with E-state index in [0.29, 0.717) is 32.0 Å². The van der Waals surface area contributed by atoms with Crippen LogP contribution in [0.4, 0.5) is 0 Å². The molecule has 3 fully saturated rings. The zero-order chi connectivity index (χ0) is 20.8. The highest BCUT2D eigenvalue weighted by Gasteiger charge is 2.37. The predicted molar refractivity (Wildman–Crippen MR) is 116 cm³/mol. The van der Waals surface area contributed by atoms with E-state index in [2.05, 4.69) is 10.2 Å². The fourth-order valence-corrected chi connectivity index (χ4v) is 5.21. The third-order valence-corrected chi connectivity index (χ3v) is 6.90. The van der Waals surface area contributed by atoms with Gasteiger partial charge in [0.15, 0.2) is 0 Å². The molecule has 2 heterocycles. The summed E-state index contributed by atoms with van der Waals surface area (Å²) in [5, 5.41) is 3.18. The molecule has 30 heavy (non-hydrogen) atoms. The van der Waals surface area contributed by atoms with Crippen LogP contribution < -0.4 is 5.32 Å². The molecule has 6 nitrogen and oxygen atoms in total. The van der Waals surface area contributed by atoms with Crippen molar-refractivity contribution in [2.45, 2.75) is 57.1 Å². The predicted octanol–water partition coefficient (Wildman–Crippen LogP) is 2.23. The Morgan fingerprint density at radius 2 is 1.73 bits per heavy atom. The van der Waals surface area contributed by atoms with E-state index in [4.69, 9.17) is 4.74 Å². The van der Waals surface area contributed by atoms with E-state index < -0.39 is 0 Å². The molecule has 3 aliphatic rings. The lowest BCUT2D eigenvalue weighted by atomic mass is 9.94. The zero-order valence-corrected chi connectivity index (χ0v) is 17.9. The van der Waals surface area contributed by atoms with Crippen LogP contribution in [0.25, 0.3) is 0 Å². The van der Waals surface area contributed by atoms with E-state index in [1.165, 1.54) is 12.8 Å². The Hall–Kier alpha value is -1.92. The van der Waals surface area contributed by atoms with E-state index in [0.717, 1.165) is 50.9 Å². The molecule has 0 radical (unpaired) electrons.